The van der Waals surface area contributed by atoms with Crippen LogP contribution in [0.3, 0.4) is 0 Å². The molecular formula is C14H20O3S. The second-order valence-electron chi connectivity index (χ2n) is 4.38. The zero-order valence-electron chi connectivity index (χ0n) is 10.9. The van der Waals surface area contributed by atoms with Crippen LogP contribution < -0.4 is 9.47 Å². The second-order valence-corrected chi connectivity index (χ2v) is 5.77. The first kappa shape index (κ1) is 13.6. The van der Waals surface area contributed by atoms with Gasteiger partial charge in [-0.15, -0.1) is 0 Å². The normalized spacial score (nSPS) is 22.2. The highest BCUT2D eigenvalue weighted by atomic mass is 32.2. The molecule has 2 rings (SSSR count). The number of fused-ring (bicyclic) bond motifs is 1. The van der Waals surface area contributed by atoms with Gasteiger partial charge in [0, 0.05) is 12.0 Å². The number of hydrogen-bond donors (Lipinski definition) is 1. The number of thioether (sulfide) groups is 1. The molecule has 1 aliphatic heterocycles. The molecule has 0 saturated heterocycles. The van der Waals surface area contributed by atoms with Gasteiger partial charge in [-0.05, 0) is 36.1 Å². The minimum atomic E-state index is -0.444. The molecule has 1 aromatic rings. The highest BCUT2D eigenvalue weighted by Gasteiger charge is 2.26. The van der Waals surface area contributed by atoms with Crippen LogP contribution >= 0.6 is 11.8 Å². The number of ether oxygens (including phenoxy) is 2. The van der Waals surface area contributed by atoms with Gasteiger partial charge in [-0.3, -0.25) is 0 Å². The van der Waals surface area contributed by atoms with Crippen LogP contribution in [0.25, 0.3) is 0 Å². The van der Waals surface area contributed by atoms with E-state index in [1.807, 2.05) is 30.0 Å². The minimum Gasteiger partial charge on any atom is -0.497 e. The molecule has 3 nitrogen and oxygen atoms in total. The third-order valence-corrected chi connectivity index (χ3v) is 4.08. The zero-order valence-corrected chi connectivity index (χ0v) is 11.7. The Hall–Kier alpha value is -0.870. The fourth-order valence-electron chi connectivity index (χ4n) is 2.16. The van der Waals surface area contributed by atoms with E-state index in [-0.39, 0.29) is 6.10 Å². The van der Waals surface area contributed by atoms with Crippen molar-refractivity contribution in [1.82, 2.24) is 0 Å². The molecule has 1 N–H and O–H groups in total. The second kappa shape index (κ2) is 6.34. The molecule has 1 aromatic carbocycles. The summed E-state index contributed by atoms with van der Waals surface area (Å²) in [4.78, 5) is 0. The third-order valence-electron chi connectivity index (χ3n) is 3.14. The van der Waals surface area contributed by atoms with E-state index in [2.05, 4.69) is 6.92 Å². The molecule has 1 unspecified atom stereocenters. The molecule has 0 saturated carbocycles. The van der Waals surface area contributed by atoms with E-state index in [0.29, 0.717) is 6.42 Å². The van der Waals surface area contributed by atoms with Gasteiger partial charge in [0.05, 0.1) is 13.2 Å². The molecular weight excluding hydrogens is 248 g/mol. The Bertz CT molecular complexity index is 395. The summed E-state index contributed by atoms with van der Waals surface area (Å²) in [7, 11) is 1.63. The summed E-state index contributed by atoms with van der Waals surface area (Å²) >= 11 is 1.91. The molecule has 0 spiro atoms. The van der Waals surface area contributed by atoms with E-state index in [1.165, 1.54) is 0 Å². The number of aliphatic hydroxyl groups excluding tert-OH is 1. The number of rotatable bonds is 5. The van der Waals surface area contributed by atoms with Crippen LogP contribution in [0.4, 0.5) is 0 Å². The Labute approximate surface area is 112 Å². The van der Waals surface area contributed by atoms with Gasteiger partial charge in [-0.1, -0.05) is 6.92 Å². The number of benzene rings is 1. The van der Waals surface area contributed by atoms with Crippen LogP contribution in [0, 0.1) is 0 Å². The highest BCUT2D eigenvalue weighted by molar-refractivity contribution is 7.99. The Kier molecular flexibility index (Phi) is 4.78. The predicted octanol–water partition coefficient (Wildman–Crippen LogP) is 3.02. The lowest BCUT2D eigenvalue weighted by molar-refractivity contribution is 0.0645. The van der Waals surface area contributed by atoms with Crippen molar-refractivity contribution in [2.75, 3.05) is 18.6 Å². The molecule has 100 valence electrons. The van der Waals surface area contributed by atoms with Gasteiger partial charge in [0.15, 0.2) is 0 Å². The first-order chi connectivity index (χ1) is 8.74. The summed E-state index contributed by atoms with van der Waals surface area (Å²) in [6, 6.07) is 5.61. The maximum atomic E-state index is 10.2. The zero-order chi connectivity index (χ0) is 13.0. The fourth-order valence-corrected chi connectivity index (χ4v) is 2.88. The van der Waals surface area contributed by atoms with Crippen molar-refractivity contribution in [2.24, 2.45) is 0 Å². The van der Waals surface area contributed by atoms with Crippen LogP contribution in [0.2, 0.25) is 0 Å². The summed E-state index contributed by atoms with van der Waals surface area (Å²) in [5.41, 5.74) is 0.841. The molecule has 1 aliphatic rings. The molecule has 0 aliphatic carbocycles. The van der Waals surface area contributed by atoms with E-state index in [1.54, 1.807) is 7.11 Å². The van der Waals surface area contributed by atoms with Crippen LogP contribution in [0.5, 0.6) is 11.5 Å². The van der Waals surface area contributed by atoms with Gasteiger partial charge in [-0.25, -0.2) is 0 Å². The average molecular weight is 268 g/mol. The van der Waals surface area contributed by atoms with Crippen LogP contribution in [-0.4, -0.2) is 29.8 Å². The Morgan fingerprint density at radius 3 is 3.06 bits per heavy atom. The van der Waals surface area contributed by atoms with Gasteiger partial charge in [-0.2, -0.15) is 11.8 Å². The summed E-state index contributed by atoms with van der Waals surface area (Å²) in [5.74, 6) is 3.76. The number of aliphatic hydroxyl groups is 1. The number of hydrogen-bond acceptors (Lipinski definition) is 4. The van der Waals surface area contributed by atoms with Crippen LogP contribution in [0.1, 0.15) is 31.4 Å². The van der Waals surface area contributed by atoms with Crippen molar-refractivity contribution in [3.63, 3.8) is 0 Å². The molecule has 0 amide bonds. The topological polar surface area (TPSA) is 38.7 Å². The Balaban J connectivity index is 2.04. The van der Waals surface area contributed by atoms with E-state index >= 15 is 0 Å². The molecule has 1 heterocycles. The van der Waals surface area contributed by atoms with E-state index in [0.717, 1.165) is 35.0 Å². The van der Waals surface area contributed by atoms with Gasteiger partial charge in [0.1, 0.15) is 17.6 Å². The van der Waals surface area contributed by atoms with Crippen molar-refractivity contribution in [3.8, 4) is 11.5 Å². The van der Waals surface area contributed by atoms with Gasteiger partial charge in [0.25, 0.3) is 0 Å². The first-order valence-corrected chi connectivity index (χ1v) is 7.50. The van der Waals surface area contributed by atoms with E-state index in [4.69, 9.17) is 9.47 Å². The maximum Gasteiger partial charge on any atom is 0.125 e. The monoisotopic (exact) mass is 268 g/mol. The largest absolute Gasteiger partial charge is 0.497 e. The summed E-state index contributed by atoms with van der Waals surface area (Å²) in [5, 5.41) is 10.2. The average Bonchev–Trinajstić information content (AvgIpc) is 2.39. The number of methoxy groups -OCH3 is 1. The van der Waals surface area contributed by atoms with Crippen LogP contribution in [-0.2, 0) is 0 Å². The highest BCUT2D eigenvalue weighted by Crippen LogP contribution is 2.37. The lowest BCUT2D eigenvalue weighted by Crippen LogP contribution is -2.26. The maximum absolute atomic E-state index is 10.2. The standard InChI is InChI=1S/C14H20O3S/c1-3-18-7-6-11-9-13(15)12-8-10(16-2)4-5-14(12)17-11/h4-5,8,11,13,15H,3,6-7,9H2,1-2H3/t11?,13-/m1/s1. The lowest BCUT2D eigenvalue weighted by atomic mass is 9.97. The first-order valence-electron chi connectivity index (χ1n) is 6.35. The Morgan fingerprint density at radius 1 is 1.50 bits per heavy atom. The van der Waals surface area contributed by atoms with E-state index < -0.39 is 6.10 Å². The molecule has 2 atom stereocenters. The molecule has 0 radical (unpaired) electrons. The molecule has 0 bridgehead atoms. The van der Waals surface area contributed by atoms with Crippen molar-refractivity contribution in [3.05, 3.63) is 23.8 Å². The lowest BCUT2D eigenvalue weighted by Gasteiger charge is -2.29. The molecule has 0 aromatic heterocycles. The SMILES string of the molecule is CCSCCC1C[C@@H](O)c2cc(OC)ccc2O1. The van der Waals surface area contributed by atoms with Crippen molar-refractivity contribution < 1.29 is 14.6 Å². The van der Waals surface area contributed by atoms with Crippen molar-refractivity contribution in [1.29, 1.82) is 0 Å². The fraction of sp³-hybridized carbons (Fsp3) is 0.571. The van der Waals surface area contributed by atoms with Gasteiger partial charge >= 0.3 is 0 Å². The minimum absolute atomic E-state index is 0.125. The molecule has 4 heteroatoms. The quantitative estimate of drug-likeness (QED) is 0.833. The molecule has 0 fully saturated rings. The van der Waals surface area contributed by atoms with Gasteiger partial charge < -0.3 is 14.6 Å². The van der Waals surface area contributed by atoms with E-state index in [9.17, 15) is 5.11 Å². The third kappa shape index (κ3) is 3.12. The van der Waals surface area contributed by atoms with Gasteiger partial charge in [0.2, 0.25) is 0 Å². The van der Waals surface area contributed by atoms with Crippen LogP contribution in [0.15, 0.2) is 18.2 Å². The van der Waals surface area contributed by atoms with Crippen molar-refractivity contribution >= 4 is 11.8 Å². The summed E-state index contributed by atoms with van der Waals surface area (Å²) < 4.78 is 11.1. The predicted molar refractivity (Wildman–Crippen MR) is 74.6 cm³/mol. The van der Waals surface area contributed by atoms with Crippen molar-refractivity contribution in [2.45, 2.75) is 32.0 Å². The summed E-state index contributed by atoms with van der Waals surface area (Å²) in [6.45, 7) is 2.16. The summed E-state index contributed by atoms with van der Waals surface area (Å²) in [6.07, 6.45) is 1.34. The molecule has 18 heavy (non-hydrogen) atoms. The Morgan fingerprint density at radius 2 is 2.33 bits per heavy atom. The smallest absolute Gasteiger partial charge is 0.125 e.